The molecule has 0 spiro atoms. The third-order valence-corrected chi connectivity index (χ3v) is 3.82. The number of para-hydroxylation sites is 1. The SMILES string of the molecule is FC(F)(F)c1cnc(-c2ccc(C=NNc3ccccc3)cc2)c(Cl)c1. The minimum Gasteiger partial charge on any atom is -0.279 e. The van der Waals surface area contributed by atoms with Crippen molar-refractivity contribution in [2.75, 3.05) is 5.43 Å². The van der Waals surface area contributed by atoms with E-state index in [0.717, 1.165) is 23.5 Å². The van der Waals surface area contributed by atoms with Crippen LogP contribution in [0.5, 0.6) is 0 Å². The molecule has 3 nitrogen and oxygen atoms in total. The van der Waals surface area contributed by atoms with Crippen LogP contribution in [0, 0.1) is 0 Å². The number of anilines is 1. The van der Waals surface area contributed by atoms with Crippen molar-refractivity contribution in [3.63, 3.8) is 0 Å². The lowest BCUT2D eigenvalue weighted by atomic mass is 10.1. The molecule has 0 radical (unpaired) electrons. The zero-order chi connectivity index (χ0) is 18.6. The lowest BCUT2D eigenvalue weighted by molar-refractivity contribution is -0.137. The van der Waals surface area contributed by atoms with Gasteiger partial charge in [-0.25, -0.2) is 0 Å². The monoisotopic (exact) mass is 375 g/mol. The predicted octanol–water partition coefficient (Wildman–Crippen LogP) is 5.87. The van der Waals surface area contributed by atoms with Crippen LogP contribution in [-0.2, 0) is 6.18 Å². The molecular weight excluding hydrogens is 363 g/mol. The molecule has 2 aromatic carbocycles. The molecule has 0 aliphatic heterocycles. The highest BCUT2D eigenvalue weighted by Gasteiger charge is 2.31. The fourth-order valence-corrected chi connectivity index (χ4v) is 2.50. The number of pyridine rings is 1. The second-order valence-electron chi connectivity index (χ2n) is 5.41. The van der Waals surface area contributed by atoms with Crippen molar-refractivity contribution in [1.82, 2.24) is 4.98 Å². The molecule has 0 bridgehead atoms. The third kappa shape index (κ3) is 4.40. The van der Waals surface area contributed by atoms with Crippen LogP contribution in [0.4, 0.5) is 18.9 Å². The number of hydrazone groups is 1. The summed E-state index contributed by atoms with van der Waals surface area (Å²) in [4.78, 5) is 3.85. The summed E-state index contributed by atoms with van der Waals surface area (Å²) < 4.78 is 38.0. The number of hydrogen-bond donors (Lipinski definition) is 1. The van der Waals surface area contributed by atoms with Crippen LogP contribution in [0.1, 0.15) is 11.1 Å². The summed E-state index contributed by atoms with van der Waals surface area (Å²) in [5.74, 6) is 0. The average Bonchev–Trinajstić information content (AvgIpc) is 2.62. The van der Waals surface area contributed by atoms with E-state index in [1.807, 2.05) is 30.3 Å². The van der Waals surface area contributed by atoms with E-state index in [2.05, 4.69) is 15.5 Å². The Labute approximate surface area is 153 Å². The molecule has 1 heterocycles. The summed E-state index contributed by atoms with van der Waals surface area (Å²) in [6.07, 6.45) is -2.06. The number of nitrogens with zero attached hydrogens (tertiary/aromatic N) is 2. The summed E-state index contributed by atoms with van der Waals surface area (Å²) >= 11 is 5.96. The average molecular weight is 376 g/mol. The van der Waals surface area contributed by atoms with E-state index in [0.29, 0.717) is 11.3 Å². The highest BCUT2D eigenvalue weighted by atomic mass is 35.5. The van der Waals surface area contributed by atoms with E-state index in [-0.39, 0.29) is 5.02 Å². The van der Waals surface area contributed by atoms with Gasteiger partial charge in [0.1, 0.15) is 0 Å². The van der Waals surface area contributed by atoms with Gasteiger partial charge in [0.25, 0.3) is 0 Å². The van der Waals surface area contributed by atoms with Gasteiger partial charge in [0, 0.05) is 11.8 Å². The van der Waals surface area contributed by atoms with Gasteiger partial charge in [0.05, 0.1) is 28.2 Å². The number of hydrogen-bond acceptors (Lipinski definition) is 3. The number of aromatic nitrogens is 1. The quantitative estimate of drug-likeness (QED) is 0.457. The highest BCUT2D eigenvalue weighted by molar-refractivity contribution is 6.33. The first-order chi connectivity index (χ1) is 12.4. The number of rotatable bonds is 4. The lowest BCUT2D eigenvalue weighted by Gasteiger charge is -2.09. The smallest absolute Gasteiger partial charge is 0.279 e. The fraction of sp³-hybridized carbons (Fsp3) is 0.0526. The van der Waals surface area contributed by atoms with Gasteiger partial charge in [0.15, 0.2) is 0 Å². The first kappa shape index (κ1) is 17.9. The molecule has 3 rings (SSSR count). The zero-order valence-corrected chi connectivity index (χ0v) is 14.1. The summed E-state index contributed by atoms with van der Waals surface area (Å²) in [7, 11) is 0. The molecular formula is C19H13ClF3N3. The van der Waals surface area contributed by atoms with Gasteiger partial charge in [-0.1, -0.05) is 54.1 Å². The van der Waals surface area contributed by atoms with Crippen LogP contribution in [-0.4, -0.2) is 11.2 Å². The Bertz CT molecular complexity index is 908. The van der Waals surface area contributed by atoms with Crippen molar-refractivity contribution in [2.24, 2.45) is 5.10 Å². The Morgan fingerprint density at radius 1 is 1.00 bits per heavy atom. The van der Waals surface area contributed by atoms with Gasteiger partial charge in [-0.15, -0.1) is 0 Å². The Hall–Kier alpha value is -2.86. The van der Waals surface area contributed by atoms with Crippen molar-refractivity contribution >= 4 is 23.5 Å². The van der Waals surface area contributed by atoms with Crippen LogP contribution >= 0.6 is 11.6 Å². The molecule has 0 amide bonds. The molecule has 132 valence electrons. The lowest BCUT2D eigenvalue weighted by Crippen LogP contribution is -2.05. The molecule has 1 aromatic heterocycles. The molecule has 7 heteroatoms. The molecule has 1 N–H and O–H groups in total. The number of benzene rings is 2. The van der Waals surface area contributed by atoms with Gasteiger partial charge >= 0.3 is 6.18 Å². The standard InChI is InChI=1S/C19H13ClF3N3/c20-17-10-15(19(21,22)23)12-24-18(17)14-8-6-13(7-9-14)11-25-26-16-4-2-1-3-5-16/h1-12,26H. The Balaban J connectivity index is 1.73. The molecule has 26 heavy (non-hydrogen) atoms. The van der Waals surface area contributed by atoms with Gasteiger partial charge in [-0.05, 0) is 23.8 Å². The van der Waals surface area contributed by atoms with Gasteiger partial charge in [0.2, 0.25) is 0 Å². The third-order valence-electron chi connectivity index (χ3n) is 3.53. The van der Waals surface area contributed by atoms with Crippen LogP contribution in [0.25, 0.3) is 11.3 Å². The second-order valence-corrected chi connectivity index (χ2v) is 5.82. The molecule has 0 atom stereocenters. The van der Waals surface area contributed by atoms with E-state index in [1.54, 1.807) is 30.5 Å². The molecule has 0 unspecified atom stereocenters. The maximum atomic E-state index is 12.7. The summed E-state index contributed by atoms with van der Waals surface area (Å²) in [6, 6.07) is 17.4. The summed E-state index contributed by atoms with van der Waals surface area (Å²) in [6.45, 7) is 0. The van der Waals surface area contributed by atoms with Crippen LogP contribution in [0.2, 0.25) is 5.02 Å². The minimum absolute atomic E-state index is 0.0491. The minimum atomic E-state index is -4.47. The van der Waals surface area contributed by atoms with E-state index in [4.69, 9.17) is 11.6 Å². The Kier molecular flexibility index (Phi) is 5.23. The molecule has 0 saturated carbocycles. The van der Waals surface area contributed by atoms with E-state index in [9.17, 15) is 13.2 Å². The molecule has 0 fully saturated rings. The van der Waals surface area contributed by atoms with Gasteiger partial charge in [-0.2, -0.15) is 18.3 Å². The highest BCUT2D eigenvalue weighted by Crippen LogP contribution is 2.33. The first-order valence-corrected chi connectivity index (χ1v) is 7.98. The summed E-state index contributed by atoms with van der Waals surface area (Å²) in [5.41, 5.74) is 4.63. The zero-order valence-electron chi connectivity index (χ0n) is 13.3. The Morgan fingerprint density at radius 3 is 2.31 bits per heavy atom. The van der Waals surface area contributed by atoms with Gasteiger partial charge in [-0.3, -0.25) is 10.4 Å². The van der Waals surface area contributed by atoms with Crippen molar-refractivity contribution < 1.29 is 13.2 Å². The van der Waals surface area contributed by atoms with Crippen LogP contribution < -0.4 is 5.43 Å². The van der Waals surface area contributed by atoms with Crippen LogP contribution in [0.15, 0.2) is 72.0 Å². The van der Waals surface area contributed by atoms with Crippen molar-refractivity contribution in [3.8, 4) is 11.3 Å². The van der Waals surface area contributed by atoms with E-state index >= 15 is 0 Å². The number of alkyl halides is 3. The maximum Gasteiger partial charge on any atom is 0.417 e. The Morgan fingerprint density at radius 2 is 1.69 bits per heavy atom. The normalized spacial score (nSPS) is 11.7. The fourth-order valence-electron chi connectivity index (χ4n) is 2.23. The van der Waals surface area contributed by atoms with Crippen molar-refractivity contribution in [2.45, 2.75) is 6.18 Å². The van der Waals surface area contributed by atoms with Gasteiger partial charge < -0.3 is 0 Å². The second kappa shape index (κ2) is 7.58. The van der Waals surface area contributed by atoms with E-state index in [1.165, 1.54) is 0 Å². The van der Waals surface area contributed by atoms with Crippen molar-refractivity contribution in [1.29, 1.82) is 0 Å². The predicted molar refractivity (Wildman–Crippen MR) is 97.3 cm³/mol. The number of halogens is 4. The summed E-state index contributed by atoms with van der Waals surface area (Å²) in [5, 5.41) is 4.08. The largest absolute Gasteiger partial charge is 0.417 e. The topological polar surface area (TPSA) is 37.3 Å². The molecule has 3 aromatic rings. The number of nitrogens with one attached hydrogen (secondary N) is 1. The van der Waals surface area contributed by atoms with Crippen molar-refractivity contribution in [3.05, 3.63) is 83.0 Å². The molecule has 0 aliphatic rings. The molecule has 0 saturated heterocycles. The van der Waals surface area contributed by atoms with Crippen LogP contribution in [0.3, 0.4) is 0 Å². The first-order valence-electron chi connectivity index (χ1n) is 7.61. The van der Waals surface area contributed by atoms with E-state index < -0.39 is 11.7 Å². The molecule has 0 aliphatic carbocycles. The maximum absolute atomic E-state index is 12.7.